The van der Waals surface area contributed by atoms with E-state index in [1.807, 2.05) is 49.1 Å². The maximum atomic E-state index is 13.1. The van der Waals surface area contributed by atoms with Gasteiger partial charge in [0.1, 0.15) is 28.9 Å². The first kappa shape index (κ1) is 26.6. The van der Waals surface area contributed by atoms with Gasteiger partial charge in [0.15, 0.2) is 0 Å². The van der Waals surface area contributed by atoms with Crippen LogP contribution in [-0.2, 0) is 24.4 Å². The largest absolute Gasteiger partial charge is 0.486 e. The van der Waals surface area contributed by atoms with Crippen LogP contribution in [0.15, 0.2) is 78.2 Å². The van der Waals surface area contributed by atoms with E-state index in [1.54, 1.807) is 17.5 Å². The third-order valence-corrected chi connectivity index (χ3v) is 7.57. The quantitative estimate of drug-likeness (QED) is 0.299. The summed E-state index contributed by atoms with van der Waals surface area (Å²) in [7, 11) is 0. The van der Waals surface area contributed by atoms with Crippen LogP contribution in [-0.4, -0.2) is 28.2 Å². The van der Waals surface area contributed by atoms with Gasteiger partial charge in [0.05, 0.1) is 6.04 Å². The first-order valence-corrected chi connectivity index (χ1v) is 13.8. The molecular formula is C31H30FN3O3S. The highest BCUT2D eigenvalue weighted by Crippen LogP contribution is 2.38. The predicted molar refractivity (Wildman–Crippen MR) is 149 cm³/mol. The number of nitrogens with one attached hydrogen (secondary N) is 1. The molecule has 0 aliphatic carbocycles. The minimum absolute atomic E-state index is 0.0933. The van der Waals surface area contributed by atoms with Crippen molar-refractivity contribution in [1.29, 1.82) is 0 Å². The zero-order valence-electron chi connectivity index (χ0n) is 21.9. The normalized spacial score (nSPS) is 14.7. The highest BCUT2D eigenvalue weighted by atomic mass is 32.1. The summed E-state index contributed by atoms with van der Waals surface area (Å²) < 4.78 is 19.2. The van der Waals surface area contributed by atoms with Crippen molar-refractivity contribution in [3.05, 3.63) is 117 Å². The van der Waals surface area contributed by atoms with Gasteiger partial charge in [0.2, 0.25) is 5.91 Å². The number of amides is 2. The molecule has 3 aromatic carbocycles. The van der Waals surface area contributed by atoms with Crippen molar-refractivity contribution in [2.75, 3.05) is 6.54 Å². The summed E-state index contributed by atoms with van der Waals surface area (Å²) in [6, 6.07) is 22.0. The van der Waals surface area contributed by atoms with Crippen molar-refractivity contribution in [2.24, 2.45) is 5.92 Å². The van der Waals surface area contributed by atoms with Crippen molar-refractivity contribution in [3.8, 4) is 5.75 Å². The summed E-state index contributed by atoms with van der Waals surface area (Å²) in [4.78, 5) is 32.0. The summed E-state index contributed by atoms with van der Waals surface area (Å²) in [5, 5.41) is 5.18. The molecule has 0 fully saturated rings. The molecule has 8 heteroatoms. The summed E-state index contributed by atoms with van der Waals surface area (Å²) >= 11 is 1.36. The molecule has 0 radical (unpaired) electrons. The molecule has 1 atom stereocenters. The van der Waals surface area contributed by atoms with Crippen molar-refractivity contribution in [1.82, 2.24) is 15.2 Å². The van der Waals surface area contributed by atoms with E-state index in [9.17, 15) is 14.0 Å². The maximum absolute atomic E-state index is 13.1. The summed E-state index contributed by atoms with van der Waals surface area (Å²) in [5.41, 5.74) is 4.47. The minimum Gasteiger partial charge on any atom is -0.486 e. The fourth-order valence-electron chi connectivity index (χ4n) is 4.75. The lowest BCUT2D eigenvalue weighted by Crippen LogP contribution is -2.42. The molecule has 200 valence electrons. The van der Waals surface area contributed by atoms with Gasteiger partial charge < -0.3 is 15.0 Å². The topological polar surface area (TPSA) is 71.5 Å². The Hall–Kier alpha value is -4.04. The Morgan fingerprint density at radius 1 is 1.10 bits per heavy atom. The average Bonchev–Trinajstić information content (AvgIpc) is 3.44. The molecule has 0 saturated heterocycles. The van der Waals surface area contributed by atoms with E-state index in [4.69, 9.17) is 4.74 Å². The number of halogens is 1. The Morgan fingerprint density at radius 2 is 1.87 bits per heavy atom. The van der Waals surface area contributed by atoms with E-state index in [0.717, 1.165) is 23.1 Å². The number of aromatic nitrogens is 1. The lowest BCUT2D eigenvalue weighted by Gasteiger charge is -2.39. The van der Waals surface area contributed by atoms with E-state index in [-0.39, 0.29) is 42.7 Å². The second-order valence-corrected chi connectivity index (χ2v) is 10.8. The monoisotopic (exact) mass is 543 g/mol. The Morgan fingerprint density at radius 3 is 2.62 bits per heavy atom. The van der Waals surface area contributed by atoms with Crippen LogP contribution in [0.3, 0.4) is 0 Å². The summed E-state index contributed by atoms with van der Waals surface area (Å²) in [6.45, 7) is 5.06. The van der Waals surface area contributed by atoms with Crippen LogP contribution < -0.4 is 10.1 Å². The lowest BCUT2D eigenvalue weighted by molar-refractivity contribution is -0.136. The number of hydrogen-bond acceptors (Lipinski definition) is 5. The number of nitrogens with zero attached hydrogens (tertiary/aromatic N) is 2. The highest BCUT2D eigenvalue weighted by molar-refractivity contribution is 7.09. The number of fused-ring (bicyclic) bond motifs is 1. The Bertz CT molecular complexity index is 1450. The number of thiazole rings is 1. The zero-order valence-corrected chi connectivity index (χ0v) is 22.7. The van der Waals surface area contributed by atoms with Crippen LogP contribution in [0.1, 0.15) is 57.6 Å². The van der Waals surface area contributed by atoms with E-state index >= 15 is 0 Å². The van der Waals surface area contributed by atoms with Gasteiger partial charge in [0, 0.05) is 24.4 Å². The fraction of sp³-hybridized carbons (Fsp3) is 0.258. The zero-order chi connectivity index (χ0) is 27.4. The molecule has 5 rings (SSSR count). The molecule has 1 N–H and O–H groups in total. The second-order valence-electron chi connectivity index (χ2n) is 9.83. The van der Waals surface area contributed by atoms with E-state index in [1.165, 1.54) is 29.0 Å². The molecule has 2 amide bonds. The van der Waals surface area contributed by atoms with Crippen LogP contribution in [0.4, 0.5) is 4.39 Å². The van der Waals surface area contributed by atoms with Crippen LogP contribution in [0.2, 0.25) is 0 Å². The first-order valence-electron chi connectivity index (χ1n) is 13.0. The molecule has 2 heterocycles. The van der Waals surface area contributed by atoms with Crippen molar-refractivity contribution >= 4 is 23.2 Å². The van der Waals surface area contributed by atoms with Crippen LogP contribution in [0, 0.1) is 11.7 Å². The van der Waals surface area contributed by atoms with E-state index < -0.39 is 0 Å². The molecule has 1 aliphatic rings. The van der Waals surface area contributed by atoms with Gasteiger partial charge in [-0.25, -0.2) is 9.37 Å². The third kappa shape index (κ3) is 6.17. The number of benzene rings is 3. The molecule has 6 nitrogen and oxygen atoms in total. The number of hydrogen-bond donors (Lipinski definition) is 1. The Balaban J connectivity index is 1.28. The van der Waals surface area contributed by atoms with Crippen LogP contribution >= 0.6 is 11.3 Å². The number of carbonyl (C=O) groups is 2. The van der Waals surface area contributed by atoms with E-state index in [0.29, 0.717) is 23.0 Å². The first-order chi connectivity index (χ1) is 18.9. The van der Waals surface area contributed by atoms with Crippen molar-refractivity contribution in [3.63, 3.8) is 0 Å². The molecule has 0 unspecified atom stereocenters. The van der Waals surface area contributed by atoms with Gasteiger partial charge in [-0.3, -0.25) is 9.59 Å². The molecule has 0 saturated carbocycles. The van der Waals surface area contributed by atoms with Gasteiger partial charge in [-0.2, -0.15) is 0 Å². The number of rotatable bonds is 8. The average molecular weight is 544 g/mol. The molecule has 4 aromatic rings. The second kappa shape index (κ2) is 11.8. The number of ether oxygens (including phenoxy) is 1. The molecule has 0 bridgehead atoms. The smallest absolute Gasteiger partial charge is 0.271 e. The van der Waals surface area contributed by atoms with Crippen molar-refractivity contribution < 1.29 is 18.7 Å². The molecule has 1 aromatic heterocycles. The maximum Gasteiger partial charge on any atom is 0.271 e. The van der Waals surface area contributed by atoms with Gasteiger partial charge in [-0.15, -0.1) is 11.3 Å². The van der Waals surface area contributed by atoms with Gasteiger partial charge in [0.25, 0.3) is 5.91 Å². The van der Waals surface area contributed by atoms with E-state index in [2.05, 4.69) is 28.5 Å². The lowest BCUT2D eigenvalue weighted by atomic mass is 9.87. The summed E-state index contributed by atoms with van der Waals surface area (Å²) in [5.74, 6) is 0.116. The Kier molecular flexibility index (Phi) is 8.02. The standard InChI is InChI=1S/C31H30FN3O3S/c1-20(2)31(37)35-15-14-22-10-13-25(16-26(22)29(35)23-6-4-3-5-7-23)38-18-28-34-27(19-39-28)30(36)33-17-21-8-11-24(32)12-9-21/h3-13,16,19-20,29H,14-15,17-18H2,1-2H3,(H,33,36)/t29-/m0/s1. The number of carbonyl (C=O) groups excluding carboxylic acids is 2. The molecule has 0 spiro atoms. The molecule has 1 aliphatic heterocycles. The highest BCUT2D eigenvalue weighted by Gasteiger charge is 2.33. The Labute approximate surface area is 231 Å². The fourth-order valence-corrected chi connectivity index (χ4v) is 5.43. The van der Waals surface area contributed by atoms with Crippen LogP contribution in [0.5, 0.6) is 5.75 Å². The SMILES string of the molecule is CC(C)C(=O)N1CCc2ccc(OCc3nc(C(=O)NCc4ccc(F)cc4)cs3)cc2[C@@H]1c1ccccc1. The van der Waals surface area contributed by atoms with Crippen molar-refractivity contribution in [2.45, 2.75) is 39.5 Å². The molecule has 39 heavy (non-hydrogen) atoms. The van der Waals surface area contributed by atoms with Gasteiger partial charge >= 0.3 is 0 Å². The third-order valence-electron chi connectivity index (χ3n) is 6.75. The molecular weight excluding hydrogens is 513 g/mol. The van der Waals surface area contributed by atoms with Crippen LogP contribution in [0.25, 0.3) is 0 Å². The predicted octanol–water partition coefficient (Wildman–Crippen LogP) is 5.92. The minimum atomic E-state index is -0.315. The summed E-state index contributed by atoms with van der Waals surface area (Å²) in [6.07, 6.45) is 0.792. The van der Waals surface area contributed by atoms with Gasteiger partial charge in [-0.05, 0) is 52.9 Å². The van der Waals surface area contributed by atoms with Gasteiger partial charge in [-0.1, -0.05) is 62.4 Å².